The SMILES string of the molecule is O=C1c2cc(Br)ccc2S[N+](=O)C1Cc1ccccc1. The molecular formula is C15H11BrNO2S+. The Bertz CT molecular complexity index is 688. The highest BCUT2D eigenvalue weighted by Crippen LogP contribution is 2.34. The number of carbonyl (C=O) groups is 1. The molecule has 0 fully saturated rings. The van der Waals surface area contributed by atoms with E-state index in [1.165, 1.54) is 0 Å². The van der Waals surface area contributed by atoms with Crippen molar-refractivity contribution in [3.63, 3.8) is 0 Å². The lowest BCUT2D eigenvalue weighted by atomic mass is 9.98. The summed E-state index contributed by atoms with van der Waals surface area (Å²) in [5.74, 6) is -0.112. The fraction of sp³-hybridized carbons (Fsp3) is 0.133. The molecule has 20 heavy (non-hydrogen) atoms. The number of ketones is 1. The molecule has 0 spiro atoms. The first kappa shape index (κ1) is 13.5. The van der Waals surface area contributed by atoms with E-state index in [0.29, 0.717) is 12.0 Å². The molecule has 2 aromatic carbocycles. The predicted octanol–water partition coefficient (Wildman–Crippen LogP) is 4.04. The molecular weight excluding hydrogens is 338 g/mol. The maximum Gasteiger partial charge on any atom is 0.283 e. The van der Waals surface area contributed by atoms with E-state index in [4.69, 9.17) is 0 Å². The minimum Gasteiger partial charge on any atom is -0.286 e. The molecule has 0 amide bonds. The minimum atomic E-state index is -0.663. The highest BCUT2D eigenvalue weighted by molar-refractivity contribution is 9.10. The van der Waals surface area contributed by atoms with Crippen LogP contribution in [0.3, 0.4) is 0 Å². The number of Topliss-reactive ketones (excluding diaryl/α,β-unsaturated/α-hetero) is 1. The standard InChI is InChI=1S/C15H11BrNO2S/c16-11-6-7-14-12(9-11)15(18)13(17(19)20-14)8-10-4-2-1-3-5-10/h1-7,9,13H,8H2/q+1. The third-order valence-electron chi connectivity index (χ3n) is 3.22. The number of carbonyl (C=O) groups excluding carboxylic acids is 1. The number of rotatable bonds is 2. The van der Waals surface area contributed by atoms with Gasteiger partial charge in [0.2, 0.25) is 5.78 Å². The van der Waals surface area contributed by atoms with Crippen LogP contribution in [0, 0.1) is 4.91 Å². The van der Waals surface area contributed by atoms with Gasteiger partial charge in [-0.25, -0.2) is 0 Å². The minimum absolute atomic E-state index is 0.112. The molecule has 1 atom stereocenters. The summed E-state index contributed by atoms with van der Waals surface area (Å²) in [5.41, 5.74) is 1.61. The van der Waals surface area contributed by atoms with Gasteiger partial charge in [-0.05, 0) is 23.8 Å². The Labute approximate surface area is 129 Å². The number of hydrogen-bond acceptors (Lipinski definition) is 3. The van der Waals surface area contributed by atoms with Crippen LogP contribution in [0.15, 0.2) is 57.9 Å². The normalized spacial score (nSPS) is 17.9. The molecule has 1 heterocycles. The van der Waals surface area contributed by atoms with Gasteiger partial charge in [0, 0.05) is 21.4 Å². The van der Waals surface area contributed by atoms with Gasteiger partial charge in [0.1, 0.15) is 0 Å². The summed E-state index contributed by atoms with van der Waals surface area (Å²) in [7, 11) is 0. The maximum absolute atomic E-state index is 12.5. The molecule has 3 nitrogen and oxygen atoms in total. The zero-order valence-corrected chi connectivity index (χ0v) is 12.9. The number of halogens is 1. The molecule has 3 rings (SSSR count). The quantitative estimate of drug-likeness (QED) is 0.607. The summed E-state index contributed by atoms with van der Waals surface area (Å²) < 4.78 is 1.66. The lowest BCUT2D eigenvalue weighted by Crippen LogP contribution is -2.35. The molecule has 0 bridgehead atoms. The molecule has 0 aliphatic carbocycles. The second kappa shape index (κ2) is 5.50. The van der Waals surface area contributed by atoms with Crippen molar-refractivity contribution in [1.82, 2.24) is 0 Å². The number of nitrogens with zero attached hydrogens (tertiary/aromatic N) is 1. The molecule has 5 heteroatoms. The average molecular weight is 349 g/mol. The Kier molecular flexibility index (Phi) is 3.72. The topological polar surface area (TPSA) is 37.1 Å². The molecule has 1 aliphatic rings. The van der Waals surface area contributed by atoms with E-state index in [-0.39, 0.29) is 5.78 Å². The van der Waals surface area contributed by atoms with Crippen molar-refractivity contribution in [2.45, 2.75) is 17.4 Å². The first-order valence-electron chi connectivity index (χ1n) is 6.17. The van der Waals surface area contributed by atoms with Crippen molar-refractivity contribution >= 4 is 33.7 Å². The van der Waals surface area contributed by atoms with E-state index in [1.54, 1.807) is 12.1 Å². The summed E-state index contributed by atoms with van der Waals surface area (Å²) in [5, 5.41) is 0. The first-order valence-corrected chi connectivity index (χ1v) is 7.74. The second-order valence-corrected chi connectivity index (χ2v) is 6.48. The molecule has 0 aromatic heterocycles. The molecule has 2 aromatic rings. The Hall–Kier alpha value is -1.46. The van der Waals surface area contributed by atoms with E-state index >= 15 is 0 Å². The van der Waals surface area contributed by atoms with Gasteiger partial charge >= 0.3 is 0 Å². The molecule has 0 saturated carbocycles. The Morgan fingerprint density at radius 1 is 1.15 bits per heavy atom. The van der Waals surface area contributed by atoms with Crippen LogP contribution in [0.4, 0.5) is 0 Å². The van der Waals surface area contributed by atoms with E-state index < -0.39 is 6.04 Å². The van der Waals surface area contributed by atoms with Gasteiger partial charge in [0.15, 0.2) is 0 Å². The van der Waals surface area contributed by atoms with Crippen LogP contribution < -0.4 is 0 Å². The van der Waals surface area contributed by atoms with Crippen molar-refractivity contribution in [3.05, 3.63) is 69.0 Å². The summed E-state index contributed by atoms with van der Waals surface area (Å²) >= 11 is 4.45. The first-order chi connectivity index (χ1) is 9.65. The zero-order chi connectivity index (χ0) is 14.1. The van der Waals surface area contributed by atoms with E-state index in [2.05, 4.69) is 15.9 Å². The number of nitroso groups, excluding NO2 is 1. The Morgan fingerprint density at radius 3 is 2.65 bits per heavy atom. The van der Waals surface area contributed by atoms with Gasteiger partial charge < -0.3 is 0 Å². The molecule has 1 unspecified atom stereocenters. The highest BCUT2D eigenvalue weighted by atomic mass is 79.9. The summed E-state index contributed by atoms with van der Waals surface area (Å²) in [4.78, 5) is 25.3. The Morgan fingerprint density at radius 2 is 1.90 bits per heavy atom. The summed E-state index contributed by atoms with van der Waals surface area (Å²) in [6.07, 6.45) is 0.433. The summed E-state index contributed by atoms with van der Waals surface area (Å²) in [6.45, 7) is 0. The van der Waals surface area contributed by atoms with Crippen molar-refractivity contribution < 1.29 is 8.96 Å². The third kappa shape index (κ3) is 2.55. The van der Waals surface area contributed by atoms with E-state index in [0.717, 1.165) is 31.0 Å². The van der Waals surface area contributed by atoms with Gasteiger partial charge in [0.05, 0.1) is 9.06 Å². The van der Waals surface area contributed by atoms with Crippen LogP contribution >= 0.6 is 27.9 Å². The number of fused-ring (bicyclic) bond motifs is 1. The van der Waals surface area contributed by atoms with Crippen molar-refractivity contribution in [3.8, 4) is 0 Å². The van der Waals surface area contributed by atoms with Gasteiger partial charge in [-0.2, -0.15) is 0 Å². The van der Waals surface area contributed by atoms with Gasteiger partial charge in [-0.15, -0.1) is 0 Å². The molecule has 0 N–H and O–H groups in total. The maximum atomic E-state index is 12.5. The lowest BCUT2D eigenvalue weighted by Gasteiger charge is -2.14. The van der Waals surface area contributed by atoms with E-state index in [1.807, 2.05) is 36.4 Å². The molecule has 0 saturated heterocycles. The van der Waals surface area contributed by atoms with Gasteiger partial charge in [-0.3, -0.25) is 4.79 Å². The third-order valence-corrected chi connectivity index (χ3v) is 4.70. The molecule has 0 radical (unpaired) electrons. The second-order valence-electron chi connectivity index (χ2n) is 4.59. The fourth-order valence-corrected chi connectivity index (χ4v) is 3.45. The van der Waals surface area contributed by atoms with Crippen LogP contribution in [0.5, 0.6) is 0 Å². The predicted molar refractivity (Wildman–Crippen MR) is 81.9 cm³/mol. The molecule has 100 valence electrons. The van der Waals surface area contributed by atoms with Gasteiger partial charge in [0.25, 0.3) is 18.0 Å². The van der Waals surface area contributed by atoms with Gasteiger partial charge in [-0.1, -0.05) is 46.3 Å². The Balaban J connectivity index is 1.94. The number of benzene rings is 2. The lowest BCUT2D eigenvalue weighted by molar-refractivity contribution is -0.402. The van der Waals surface area contributed by atoms with Crippen molar-refractivity contribution in [2.75, 3.05) is 0 Å². The number of hydrogen-bond donors (Lipinski definition) is 0. The van der Waals surface area contributed by atoms with Crippen LogP contribution in [0.2, 0.25) is 0 Å². The molecule has 1 aliphatic heterocycles. The van der Waals surface area contributed by atoms with Crippen LogP contribution in [-0.4, -0.2) is 16.0 Å². The van der Waals surface area contributed by atoms with Crippen LogP contribution in [0.25, 0.3) is 0 Å². The monoisotopic (exact) mass is 348 g/mol. The zero-order valence-electron chi connectivity index (χ0n) is 10.5. The fourth-order valence-electron chi connectivity index (χ4n) is 2.21. The van der Waals surface area contributed by atoms with E-state index in [9.17, 15) is 9.70 Å². The van der Waals surface area contributed by atoms with Crippen molar-refractivity contribution in [1.29, 1.82) is 0 Å². The largest absolute Gasteiger partial charge is 0.286 e. The smallest absolute Gasteiger partial charge is 0.283 e. The summed E-state index contributed by atoms with van der Waals surface area (Å²) in [6, 6.07) is 14.4. The van der Waals surface area contributed by atoms with Crippen LogP contribution in [-0.2, 0) is 6.42 Å². The average Bonchev–Trinajstić information content (AvgIpc) is 2.46. The van der Waals surface area contributed by atoms with Crippen LogP contribution in [0.1, 0.15) is 15.9 Å². The van der Waals surface area contributed by atoms with Crippen molar-refractivity contribution in [2.24, 2.45) is 0 Å². The highest BCUT2D eigenvalue weighted by Gasteiger charge is 2.42.